The van der Waals surface area contributed by atoms with Crippen LogP contribution in [0.15, 0.2) is 0 Å². The van der Waals surface area contributed by atoms with Gasteiger partial charge in [-0.3, -0.25) is 0 Å². The van der Waals surface area contributed by atoms with E-state index in [1.807, 2.05) is 0 Å². The van der Waals surface area contributed by atoms with Crippen molar-refractivity contribution in [3.05, 3.63) is 0 Å². The lowest BCUT2D eigenvalue weighted by Gasteiger charge is -2.58. The second-order valence-electron chi connectivity index (χ2n) is 13.7. The highest BCUT2D eigenvalue weighted by Crippen LogP contribution is 2.55. The normalized spacial score (nSPS) is 17.4. The van der Waals surface area contributed by atoms with Crippen molar-refractivity contribution in [3.8, 4) is 0 Å². The van der Waals surface area contributed by atoms with E-state index in [0.29, 0.717) is 0 Å². The summed E-state index contributed by atoms with van der Waals surface area (Å²) in [5, 5.41) is -0.0581. The zero-order valence-corrected chi connectivity index (χ0v) is 31.4. The van der Waals surface area contributed by atoms with Crippen LogP contribution in [0, 0.1) is 0 Å². The monoisotopic (exact) mass is 562 g/mol. The van der Waals surface area contributed by atoms with Gasteiger partial charge in [-0.05, 0) is 84.2 Å². The second kappa shape index (κ2) is 12.7. The highest BCUT2D eigenvalue weighted by molar-refractivity contribution is 6.79. The minimum Gasteiger partial charge on any atom is -0.417 e. The van der Waals surface area contributed by atoms with E-state index in [9.17, 15) is 0 Å². The van der Waals surface area contributed by atoms with Crippen LogP contribution in [0.25, 0.3) is 0 Å². The fraction of sp³-hybridized carbons (Fsp3) is 1.00. The molecule has 0 N–H and O–H groups in total. The van der Waals surface area contributed by atoms with Crippen LogP contribution in [0.1, 0.15) is 100 Å². The molecule has 2 atom stereocenters. The fourth-order valence-electron chi connectivity index (χ4n) is 6.96. The lowest BCUT2D eigenvalue weighted by Crippen LogP contribution is -2.67. The average Bonchev–Trinajstić information content (AvgIpc) is 2.76. The molecule has 0 aliphatic heterocycles. The minimum absolute atomic E-state index is 0.0440. The molecule has 0 aliphatic carbocycles. The van der Waals surface area contributed by atoms with Crippen molar-refractivity contribution in [1.82, 2.24) is 0 Å². The van der Waals surface area contributed by atoms with Gasteiger partial charge in [0, 0.05) is 10.3 Å². The first-order chi connectivity index (χ1) is 15.7. The van der Waals surface area contributed by atoms with E-state index in [-0.39, 0.29) is 21.1 Å². The number of hydrogen-bond donors (Lipinski definition) is 0. The van der Waals surface area contributed by atoms with Crippen LogP contribution in [0.2, 0.25) is 64.0 Å². The molecule has 3 nitrogen and oxygen atoms in total. The van der Waals surface area contributed by atoms with Crippen LogP contribution in [0.5, 0.6) is 0 Å². The van der Waals surface area contributed by atoms with Crippen molar-refractivity contribution in [3.63, 3.8) is 0 Å². The van der Waals surface area contributed by atoms with E-state index in [1.54, 1.807) is 0 Å². The molecule has 0 saturated heterocycles. The van der Waals surface area contributed by atoms with Crippen LogP contribution < -0.4 is 0 Å². The van der Waals surface area contributed by atoms with Crippen LogP contribution >= 0.6 is 0 Å². The van der Waals surface area contributed by atoms with Gasteiger partial charge in [0.05, 0.1) is 18.9 Å². The zero-order valence-electron chi connectivity index (χ0n) is 27.3. The molecule has 0 spiro atoms. The number of rotatable bonds is 17. The Labute approximate surface area is 226 Å². The quantitative estimate of drug-likeness (QED) is 0.165. The van der Waals surface area contributed by atoms with Gasteiger partial charge in [-0.15, -0.1) is 0 Å². The molecule has 0 aromatic carbocycles. The molecule has 0 bridgehead atoms. The summed E-state index contributed by atoms with van der Waals surface area (Å²) in [7, 11) is -7.18. The SMILES string of the molecule is CCC(CC)(O[Si](C)(C)C(CC)(CC)O[Si](C)(C)C)C(C)(CC)[SiH](C)OC(CC)(CC)[Si](C)(C)C. The van der Waals surface area contributed by atoms with Crippen molar-refractivity contribution in [2.45, 2.75) is 180 Å². The summed E-state index contributed by atoms with van der Waals surface area (Å²) in [5.41, 5.74) is -0.186. The molecule has 0 saturated carbocycles. The molecule has 0 aromatic rings. The molecule has 0 aliphatic rings. The first kappa shape index (κ1) is 35.7. The van der Waals surface area contributed by atoms with E-state index in [0.717, 1.165) is 44.9 Å². The summed E-state index contributed by atoms with van der Waals surface area (Å²) in [5.74, 6) is 0. The molecule has 0 amide bonds. The third-order valence-electron chi connectivity index (χ3n) is 9.92. The third kappa shape index (κ3) is 7.24. The zero-order chi connectivity index (χ0) is 28.1. The van der Waals surface area contributed by atoms with Gasteiger partial charge in [0.15, 0.2) is 17.4 Å². The van der Waals surface area contributed by atoms with E-state index in [2.05, 4.69) is 114 Å². The largest absolute Gasteiger partial charge is 0.417 e. The number of hydrogen-bond acceptors (Lipinski definition) is 3. The Balaban J connectivity index is 6.70. The van der Waals surface area contributed by atoms with Gasteiger partial charge in [0.25, 0.3) is 0 Å². The van der Waals surface area contributed by atoms with Crippen LogP contribution in [-0.2, 0) is 13.3 Å². The Kier molecular flexibility index (Phi) is 13.0. The van der Waals surface area contributed by atoms with E-state index in [1.165, 1.54) is 0 Å². The smallest absolute Gasteiger partial charge is 0.217 e. The predicted molar refractivity (Wildman–Crippen MR) is 169 cm³/mol. The lowest BCUT2D eigenvalue weighted by atomic mass is 9.81. The maximum atomic E-state index is 7.66. The molecule has 0 rings (SSSR count). The molecule has 0 radical (unpaired) electrons. The van der Waals surface area contributed by atoms with Crippen molar-refractivity contribution in [2.24, 2.45) is 0 Å². The van der Waals surface area contributed by atoms with Gasteiger partial charge in [-0.25, -0.2) is 0 Å². The van der Waals surface area contributed by atoms with Crippen molar-refractivity contribution in [2.75, 3.05) is 0 Å². The van der Waals surface area contributed by atoms with Gasteiger partial charge in [-0.2, -0.15) is 0 Å². The Morgan fingerprint density at radius 1 is 0.571 bits per heavy atom. The molecular formula is C28H66O3Si4. The van der Waals surface area contributed by atoms with Crippen LogP contribution in [-0.4, -0.2) is 49.8 Å². The summed E-state index contributed by atoms with van der Waals surface area (Å²) < 4.78 is 22.1. The molecule has 0 aromatic heterocycles. The van der Waals surface area contributed by atoms with E-state index >= 15 is 0 Å². The Morgan fingerprint density at radius 2 is 0.971 bits per heavy atom. The average molecular weight is 563 g/mol. The summed E-state index contributed by atoms with van der Waals surface area (Å²) in [6, 6.07) is 0. The van der Waals surface area contributed by atoms with Crippen molar-refractivity contribution in [1.29, 1.82) is 0 Å². The maximum Gasteiger partial charge on any atom is 0.217 e. The highest BCUT2D eigenvalue weighted by Gasteiger charge is 2.59. The van der Waals surface area contributed by atoms with E-state index < -0.39 is 33.7 Å². The molecule has 0 heterocycles. The molecule has 0 fully saturated rings. The first-order valence-corrected chi connectivity index (χ1v) is 26.8. The Bertz CT molecular complexity index is 627. The lowest BCUT2D eigenvalue weighted by molar-refractivity contribution is -0.0291. The summed E-state index contributed by atoms with van der Waals surface area (Å²) in [6.45, 7) is 40.7. The molecule has 7 heteroatoms. The Hall–Kier alpha value is 0.748. The molecule has 2 unspecified atom stereocenters. The third-order valence-corrected chi connectivity index (χ3v) is 22.4. The van der Waals surface area contributed by atoms with Crippen molar-refractivity contribution >= 4 is 33.7 Å². The second-order valence-corrected chi connectivity index (χ2v) is 30.5. The van der Waals surface area contributed by atoms with Gasteiger partial charge in [0.2, 0.25) is 8.32 Å². The van der Waals surface area contributed by atoms with Gasteiger partial charge >= 0.3 is 0 Å². The van der Waals surface area contributed by atoms with Crippen LogP contribution in [0.3, 0.4) is 0 Å². The topological polar surface area (TPSA) is 27.7 Å². The molecule has 212 valence electrons. The maximum absolute atomic E-state index is 7.66. The summed E-state index contributed by atoms with van der Waals surface area (Å²) in [6.07, 6.45) is 7.42. The fourth-order valence-corrected chi connectivity index (χ4v) is 20.9. The first-order valence-electron chi connectivity index (χ1n) is 14.8. The van der Waals surface area contributed by atoms with Crippen LogP contribution in [0.4, 0.5) is 0 Å². The summed E-state index contributed by atoms with van der Waals surface area (Å²) in [4.78, 5) is 0. The van der Waals surface area contributed by atoms with Gasteiger partial charge in [-0.1, -0.05) is 75.0 Å². The molecular weight excluding hydrogens is 497 g/mol. The standard InChI is InChI=1S/C28H66O3Si4/c1-18-25(8,32(9)29-27(21-4,22-5)33(10,11)12)26(19-2,20-3)30-35(16,17)28(23-6,24-7)31-34(13,14)15/h32H,18-24H2,1-17H3. The van der Waals surface area contributed by atoms with E-state index in [4.69, 9.17) is 13.3 Å². The van der Waals surface area contributed by atoms with Gasteiger partial charge < -0.3 is 13.3 Å². The van der Waals surface area contributed by atoms with Gasteiger partial charge in [0.1, 0.15) is 0 Å². The minimum atomic E-state index is -2.27. The predicted octanol–water partition coefficient (Wildman–Crippen LogP) is 9.69. The highest BCUT2D eigenvalue weighted by atomic mass is 28.4. The Morgan fingerprint density at radius 3 is 1.23 bits per heavy atom. The molecule has 35 heavy (non-hydrogen) atoms. The van der Waals surface area contributed by atoms with Crippen molar-refractivity contribution < 1.29 is 13.3 Å². The summed E-state index contributed by atoms with van der Waals surface area (Å²) >= 11 is 0.